The van der Waals surface area contributed by atoms with Gasteiger partial charge in [0.25, 0.3) is 11.7 Å². The molecule has 172 valence electrons. The third-order valence-electron chi connectivity index (χ3n) is 7.81. The molecular formula is C24H27N5O4. The molecule has 7 rings (SSSR count). The van der Waals surface area contributed by atoms with Crippen LogP contribution < -0.4 is 5.32 Å². The molecule has 2 aromatic heterocycles. The Morgan fingerprint density at radius 2 is 1.88 bits per heavy atom. The Kier molecular flexibility index (Phi) is 4.74. The lowest BCUT2D eigenvalue weighted by molar-refractivity contribution is 0.0322. The largest absolute Gasteiger partial charge is 0.463 e. The first-order valence-electron chi connectivity index (χ1n) is 11.7. The first kappa shape index (κ1) is 20.4. The highest BCUT2D eigenvalue weighted by molar-refractivity contribution is 5.85. The van der Waals surface area contributed by atoms with E-state index < -0.39 is 5.97 Å². The van der Waals surface area contributed by atoms with Gasteiger partial charge in [-0.1, -0.05) is 11.2 Å². The normalized spacial score (nSPS) is 26.3. The average Bonchev–Trinajstić information content (AvgIpc) is 3.38. The highest BCUT2D eigenvalue weighted by atomic mass is 16.5. The van der Waals surface area contributed by atoms with E-state index in [4.69, 9.17) is 14.0 Å². The summed E-state index contributed by atoms with van der Waals surface area (Å²) in [5.74, 6) is 1.93. The second-order valence-corrected chi connectivity index (χ2v) is 9.86. The molecule has 4 aliphatic rings. The molecule has 1 N–H and O–H groups in total. The Morgan fingerprint density at radius 1 is 1.09 bits per heavy atom. The van der Waals surface area contributed by atoms with Crippen molar-refractivity contribution >= 4 is 11.7 Å². The van der Waals surface area contributed by atoms with Gasteiger partial charge in [-0.25, -0.2) is 4.79 Å². The number of hydrogen-bond donors (Lipinski definition) is 1. The molecule has 2 bridgehead atoms. The van der Waals surface area contributed by atoms with Crippen LogP contribution in [0, 0.1) is 5.41 Å². The summed E-state index contributed by atoms with van der Waals surface area (Å²) < 4.78 is 15.6. The number of methoxy groups -OCH3 is 1. The lowest BCUT2D eigenvalue weighted by atomic mass is 9.53. The fourth-order valence-electron chi connectivity index (χ4n) is 5.37. The maximum absolute atomic E-state index is 11.6. The van der Waals surface area contributed by atoms with Gasteiger partial charge in [-0.15, -0.1) is 0 Å². The molecule has 0 unspecified atom stereocenters. The minimum atomic E-state index is -0.617. The highest BCUT2D eigenvalue weighted by Gasteiger charge is 2.52. The lowest BCUT2D eigenvalue weighted by Gasteiger charge is -2.52. The zero-order valence-electron chi connectivity index (χ0n) is 18.7. The number of carbonyl (C=O) groups excluding carboxylic acids is 1. The van der Waals surface area contributed by atoms with Crippen molar-refractivity contribution in [3.05, 3.63) is 41.8 Å². The van der Waals surface area contributed by atoms with Crippen LogP contribution in [0.1, 0.15) is 79.6 Å². The molecule has 2 heterocycles. The zero-order chi connectivity index (χ0) is 22.5. The van der Waals surface area contributed by atoms with Gasteiger partial charge in [-0.2, -0.15) is 9.97 Å². The van der Waals surface area contributed by atoms with Gasteiger partial charge in [-0.05, 0) is 80.1 Å². The number of ether oxygens (including phenoxy) is 1. The minimum Gasteiger partial charge on any atom is -0.463 e. The number of nitrogens with zero attached hydrogens (tertiary/aromatic N) is 4. The standard InChI is InChI=1S/C24H27N5O4/c1-31-21(30)19-26-20(32-29-19)16-3-2-4-17(13-16)25-14-23-7-10-24(11-8-23,12-9-23)22-27-18(28-33-22)15-5-6-15/h2-4,13,15,25H,5-12,14H2,1H3. The Morgan fingerprint density at radius 3 is 2.61 bits per heavy atom. The number of aromatic nitrogens is 4. The molecule has 0 spiro atoms. The van der Waals surface area contributed by atoms with Gasteiger partial charge in [-0.3, -0.25) is 0 Å². The van der Waals surface area contributed by atoms with E-state index in [1.165, 1.54) is 20.0 Å². The van der Waals surface area contributed by atoms with Crippen LogP contribution in [0.2, 0.25) is 0 Å². The summed E-state index contributed by atoms with van der Waals surface area (Å²) in [6.45, 7) is 0.918. The Labute approximate surface area is 191 Å². The maximum Gasteiger partial charge on any atom is 0.379 e. The number of fused-ring (bicyclic) bond motifs is 3. The Balaban J connectivity index is 1.11. The molecule has 0 radical (unpaired) electrons. The molecule has 9 nitrogen and oxygen atoms in total. The first-order valence-corrected chi connectivity index (χ1v) is 11.7. The van der Waals surface area contributed by atoms with Crippen molar-refractivity contribution in [2.75, 3.05) is 19.0 Å². The molecular weight excluding hydrogens is 422 g/mol. The summed E-state index contributed by atoms with van der Waals surface area (Å²) in [7, 11) is 1.29. The SMILES string of the molecule is COC(=O)c1noc(-c2cccc(NCC34CCC(c5nc(C6CC6)no5)(CC3)CC4)c2)n1. The van der Waals surface area contributed by atoms with Gasteiger partial charge in [0, 0.05) is 29.1 Å². The number of rotatable bonds is 7. The van der Waals surface area contributed by atoms with Gasteiger partial charge in [0.2, 0.25) is 5.89 Å². The van der Waals surface area contributed by atoms with Crippen molar-refractivity contribution in [2.45, 2.75) is 62.7 Å². The van der Waals surface area contributed by atoms with Crippen molar-refractivity contribution in [3.63, 3.8) is 0 Å². The van der Waals surface area contributed by atoms with Gasteiger partial charge in [0.15, 0.2) is 5.82 Å². The predicted molar refractivity (Wildman–Crippen MR) is 118 cm³/mol. The predicted octanol–water partition coefficient (Wildman–Crippen LogP) is 4.49. The van der Waals surface area contributed by atoms with Crippen LogP contribution in [-0.2, 0) is 10.2 Å². The van der Waals surface area contributed by atoms with Crippen molar-refractivity contribution in [2.24, 2.45) is 5.41 Å². The Hall–Kier alpha value is -3.23. The quantitative estimate of drug-likeness (QED) is 0.521. The molecule has 4 saturated carbocycles. The van der Waals surface area contributed by atoms with Crippen LogP contribution >= 0.6 is 0 Å². The van der Waals surface area contributed by atoms with Crippen LogP contribution in [0.25, 0.3) is 11.5 Å². The molecule has 0 saturated heterocycles. The lowest BCUT2D eigenvalue weighted by Crippen LogP contribution is -2.47. The number of hydrogen-bond acceptors (Lipinski definition) is 9. The van der Waals surface area contributed by atoms with E-state index in [2.05, 4.69) is 25.4 Å². The van der Waals surface area contributed by atoms with E-state index in [9.17, 15) is 4.79 Å². The van der Waals surface area contributed by atoms with E-state index in [0.29, 0.717) is 17.2 Å². The molecule has 33 heavy (non-hydrogen) atoms. The van der Waals surface area contributed by atoms with Gasteiger partial charge in [0.05, 0.1) is 7.11 Å². The number of nitrogens with one attached hydrogen (secondary N) is 1. The van der Waals surface area contributed by atoms with Gasteiger partial charge in [0.1, 0.15) is 0 Å². The molecule has 3 aromatic rings. The van der Waals surface area contributed by atoms with Gasteiger partial charge < -0.3 is 19.1 Å². The average molecular weight is 450 g/mol. The second kappa shape index (κ2) is 7.67. The van der Waals surface area contributed by atoms with E-state index in [-0.39, 0.29) is 11.2 Å². The molecule has 0 amide bonds. The minimum absolute atomic E-state index is 0.0804. The fourth-order valence-corrected chi connectivity index (χ4v) is 5.37. The molecule has 0 aliphatic heterocycles. The second-order valence-electron chi connectivity index (χ2n) is 9.86. The monoisotopic (exact) mass is 449 g/mol. The van der Waals surface area contributed by atoms with Crippen molar-refractivity contribution < 1.29 is 18.6 Å². The van der Waals surface area contributed by atoms with Crippen molar-refractivity contribution in [1.29, 1.82) is 0 Å². The number of carbonyl (C=O) groups is 1. The smallest absolute Gasteiger partial charge is 0.379 e. The van der Waals surface area contributed by atoms with Crippen LogP contribution in [0.15, 0.2) is 33.3 Å². The molecule has 9 heteroatoms. The first-order chi connectivity index (χ1) is 16.1. The molecule has 4 aliphatic carbocycles. The summed E-state index contributed by atoms with van der Waals surface area (Å²) >= 11 is 0. The van der Waals surface area contributed by atoms with Crippen LogP contribution in [-0.4, -0.2) is 39.9 Å². The molecule has 4 fully saturated rings. The summed E-state index contributed by atoms with van der Waals surface area (Å²) in [6, 6.07) is 7.83. The summed E-state index contributed by atoms with van der Waals surface area (Å²) in [5, 5.41) is 11.6. The Bertz CT molecular complexity index is 1160. The summed E-state index contributed by atoms with van der Waals surface area (Å²) in [5.41, 5.74) is 2.12. The van der Waals surface area contributed by atoms with Crippen molar-refractivity contribution in [3.8, 4) is 11.5 Å². The van der Waals surface area contributed by atoms with Crippen LogP contribution in [0.3, 0.4) is 0 Å². The van der Waals surface area contributed by atoms with E-state index >= 15 is 0 Å². The van der Waals surface area contributed by atoms with Crippen LogP contribution in [0.4, 0.5) is 5.69 Å². The number of esters is 1. The molecule has 1 aromatic carbocycles. The van der Waals surface area contributed by atoms with E-state index in [0.717, 1.165) is 68.0 Å². The van der Waals surface area contributed by atoms with Crippen LogP contribution in [0.5, 0.6) is 0 Å². The third-order valence-corrected chi connectivity index (χ3v) is 7.81. The number of anilines is 1. The number of benzene rings is 1. The molecule has 0 atom stereocenters. The van der Waals surface area contributed by atoms with Gasteiger partial charge >= 0.3 is 5.97 Å². The summed E-state index contributed by atoms with van der Waals surface area (Å²) in [4.78, 5) is 20.5. The fraction of sp³-hybridized carbons (Fsp3) is 0.542. The van der Waals surface area contributed by atoms with E-state index in [1.54, 1.807) is 0 Å². The van der Waals surface area contributed by atoms with E-state index in [1.807, 2.05) is 24.3 Å². The maximum atomic E-state index is 11.6. The van der Waals surface area contributed by atoms with Crippen molar-refractivity contribution in [1.82, 2.24) is 20.3 Å². The summed E-state index contributed by atoms with van der Waals surface area (Å²) in [6.07, 6.45) is 9.20. The third kappa shape index (κ3) is 3.69. The topological polar surface area (TPSA) is 116 Å². The highest BCUT2D eigenvalue weighted by Crippen LogP contribution is 2.57. The zero-order valence-corrected chi connectivity index (χ0v) is 18.7.